The fraction of sp³-hybridized carbons (Fsp3) is 1.00. The summed E-state index contributed by atoms with van der Waals surface area (Å²) in [6.07, 6.45) is 6.83. The summed E-state index contributed by atoms with van der Waals surface area (Å²) >= 11 is 0. The third kappa shape index (κ3) is 5.86. The van der Waals surface area contributed by atoms with Crippen molar-refractivity contribution in [2.24, 2.45) is 5.92 Å². The predicted octanol–water partition coefficient (Wildman–Crippen LogP) is 2.89. The van der Waals surface area contributed by atoms with E-state index in [0.29, 0.717) is 6.04 Å². The van der Waals surface area contributed by atoms with Crippen LogP contribution in [0.25, 0.3) is 0 Å². The molecule has 0 bridgehead atoms. The molecular weight excluding hydrogens is 196 g/mol. The first kappa shape index (κ1) is 14.0. The predicted molar refractivity (Wildman–Crippen MR) is 71.8 cm³/mol. The van der Waals surface area contributed by atoms with Crippen LogP contribution in [-0.2, 0) is 0 Å². The Hall–Kier alpha value is -0.0800. The third-order valence-electron chi connectivity index (χ3n) is 3.67. The molecule has 1 heterocycles. The Morgan fingerprint density at radius 1 is 1.38 bits per heavy atom. The highest BCUT2D eigenvalue weighted by atomic mass is 15.2. The maximum Gasteiger partial charge on any atom is 0.0107 e. The molecule has 2 heteroatoms. The maximum atomic E-state index is 3.64. The van der Waals surface area contributed by atoms with Gasteiger partial charge in [-0.2, -0.15) is 0 Å². The van der Waals surface area contributed by atoms with Crippen LogP contribution in [0.3, 0.4) is 0 Å². The summed E-state index contributed by atoms with van der Waals surface area (Å²) in [6.45, 7) is 12.0. The monoisotopic (exact) mass is 226 g/mol. The lowest BCUT2D eigenvalue weighted by Crippen LogP contribution is -2.35. The molecule has 0 aromatic rings. The smallest absolute Gasteiger partial charge is 0.0107 e. The molecule has 1 aliphatic rings. The van der Waals surface area contributed by atoms with Crippen LogP contribution in [-0.4, -0.2) is 37.1 Å². The average Bonchev–Trinajstić information content (AvgIpc) is 2.65. The van der Waals surface area contributed by atoms with Crippen molar-refractivity contribution < 1.29 is 0 Å². The van der Waals surface area contributed by atoms with E-state index in [1.54, 1.807) is 0 Å². The molecule has 1 fully saturated rings. The van der Waals surface area contributed by atoms with Crippen LogP contribution >= 0.6 is 0 Å². The number of unbranched alkanes of at least 4 members (excludes halogenated alkanes) is 2. The minimum Gasteiger partial charge on any atom is -0.313 e. The summed E-state index contributed by atoms with van der Waals surface area (Å²) in [6, 6.07) is 0.701. The number of hydrogen-bond donors (Lipinski definition) is 1. The summed E-state index contributed by atoms with van der Waals surface area (Å²) < 4.78 is 0. The zero-order valence-electron chi connectivity index (χ0n) is 11.5. The number of nitrogens with one attached hydrogen (secondary N) is 1. The van der Waals surface area contributed by atoms with Gasteiger partial charge in [-0.05, 0) is 32.2 Å². The first-order valence-corrected chi connectivity index (χ1v) is 7.18. The van der Waals surface area contributed by atoms with Gasteiger partial charge in [-0.3, -0.25) is 0 Å². The summed E-state index contributed by atoms with van der Waals surface area (Å²) in [5.41, 5.74) is 0. The highest BCUT2D eigenvalue weighted by Crippen LogP contribution is 2.13. The van der Waals surface area contributed by atoms with E-state index in [1.807, 2.05) is 0 Å². The molecule has 96 valence electrons. The highest BCUT2D eigenvalue weighted by molar-refractivity contribution is 4.73. The van der Waals surface area contributed by atoms with Crippen LogP contribution < -0.4 is 5.32 Å². The highest BCUT2D eigenvalue weighted by Gasteiger charge is 2.17. The van der Waals surface area contributed by atoms with Gasteiger partial charge in [0.25, 0.3) is 0 Å². The van der Waals surface area contributed by atoms with E-state index in [4.69, 9.17) is 0 Å². The molecule has 2 unspecified atom stereocenters. The van der Waals surface area contributed by atoms with E-state index in [0.717, 1.165) is 5.92 Å². The summed E-state index contributed by atoms with van der Waals surface area (Å²) in [4.78, 5) is 2.59. The quantitative estimate of drug-likeness (QED) is 0.640. The Morgan fingerprint density at radius 3 is 2.81 bits per heavy atom. The molecule has 0 radical (unpaired) electrons. The second-order valence-corrected chi connectivity index (χ2v) is 5.55. The van der Waals surface area contributed by atoms with Gasteiger partial charge in [0.15, 0.2) is 0 Å². The molecule has 2 atom stereocenters. The van der Waals surface area contributed by atoms with Crippen LogP contribution in [0, 0.1) is 5.92 Å². The SMILES string of the molecule is CCCCCC(C)NCCN1CCC(C)C1. The first-order valence-electron chi connectivity index (χ1n) is 7.18. The number of rotatable bonds is 8. The molecule has 0 aliphatic carbocycles. The molecule has 0 saturated carbocycles. The van der Waals surface area contributed by atoms with E-state index in [9.17, 15) is 0 Å². The Morgan fingerprint density at radius 2 is 2.19 bits per heavy atom. The van der Waals surface area contributed by atoms with Gasteiger partial charge in [0.2, 0.25) is 0 Å². The normalized spacial score (nSPS) is 23.8. The van der Waals surface area contributed by atoms with Gasteiger partial charge in [-0.1, -0.05) is 33.1 Å². The van der Waals surface area contributed by atoms with Crippen molar-refractivity contribution in [2.75, 3.05) is 26.2 Å². The molecule has 0 aromatic carbocycles. The van der Waals surface area contributed by atoms with Crippen LogP contribution in [0.2, 0.25) is 0 Å². The molecule has 1 aliphatic heterocycles. The Labute approximate surface area is 102 Å². The number of hydrogen-bond acceptors (Lipinski definition) is 2. The number of nitrogens with zero attached hydrogens (tertiary/aromatic N) is 1. The van der Waals surface area contributed by atoms with Crippen LogP contribution in [0.4, 0.5) is 0 Å². The van der Waals surface area contributed by atoms with Gasteiger partial charge in [0.05, 0.1) is 0 Å². The zero-order valence-corrected chi connectivity index (χ0v) is 11.5. The molecule has 0 amide bonds. The van der Waals surface area contributed by atoms with Crippen molar-refractivity contribution in [3.05, 3.63) is 0 Å². The molecule has 0 spiro atoms. The molecule has 1 saturated heterocycles. The zero-order chi connectivity index (χ0) is 11.8. The minimum absolute atomic E-state index is 0.701. The van der Waals surface area contributed by atoms with Gasteiger partial charge in [0, 0.05) is 25.7 Å². The van der Waals surface area contributed by atoms with Crippen molar-refractivity contribution in [2.45, 2.75) is 58.9 Å². The third-order valence-corrected chi connectivity index (χ3v) is 3.67. The van der Waals surface area contributed by atoms with Crippen molar-refractivity contribution in [1.29, 1.82) is 0 Å². The average molecular weight is 226 g/mol. The van der Waals surface area contributed by atoms with E-state index in [-0.39, 0.29) is 0 Å². The fourth-order valence-electron chi connectivity index (χ4n) is 2.50. The van der Waals surface area contributed by atoms with E-state index in [2.05, 4.69) is 31.0 Å². The van der Waals surface area contributed by atoms with Gasteiger partial charge in [-0.25, -0.2) is 0 Å². The van der Waals surface area contributed by atoms with Gasteiger partial charge in [-0.15, -0.1) is 0 Å². The van der Waals surface area contributed by atoms with Crippen molar-refractivity contribution in [1.82, 2.24) is 10.2 Å². The van der Waals surface area contributed by atoms with Crippen molar-refractivity contribution >= 4 is 0 Å². The fourth-order valence-corrected chi connectivity index (χ4v) is 2.50. The molecule has 1 rings (SSSR count). The molecule has 0 aromatic heterocycles. The number of likely N-dealkylation sites (tertiary alicyclic amines) is 1. The van der Waals surface area contributed by atoms with Crippen LogP contribution in [0.1, 0.15) is 52.9 Å². The van der Waals surface area contributed by atoms with Gasteiger partial charge >= 0.3 is 0 Å². The second kappa shape index (κ2) is 8.08. The van der Waals surface area contributed by atoms with Gasteiger partial charge < -0.3 is 10.2 Å². The Bertz CT molecular complexity index is 170. The lowest BCUT2D eigenvalue weighted by molar-refractivity contribution is 0.317. The van der Waals surface area contributed by atoms with Crippen LogP contribution in [0.15, 0.2) is 0 Å². The van der Waals surface area contributed by atoms with Crippen molar-refractivity contribution in [3.8, 4) is 0 Å². The van der Waals surface area contributed by atoms with Gasteiger partial charge in [0.1, 0.15) is 0 Å². The molecule has 1 N–H and O–H groups in total. The lowest BCUT2D eigenvalue weighted by atomic mass is 10.1. The summed E-state index contributed by atoms with van der Waals surface area (Å²) in [5, 5.41) is 3.64. The van der Waals surface area contributed by atoms with E-state index >= 15 is 0 Å². The largest absolute Gasteiger partial charge is 0.313 e. The first-order chi connectivity index (χ1) is 7.72. The second-order valence-electron chi connectivity index (χ2n) is 5.55. The van der Waals surface area contributed by atoms with Crippen LogP contribution in [0.5, 0.6) is 0 Å². The van der Waals surface area contributed by atoms with E-state index < -0.39 is 0 Å². The topological polar surface area (TPSA) is 15.3 Å². The standard InChI is InChI=1S/C14H30N2/c1-4-5-6-7-14(3)15-9-11-16-10-8-13(2)12-16/h13-15H,4-12H2,1-3H3. The molecule has 16 heavy (non-hydrogen) atoms. The Kier molecular flexibility index (Phi) is 7.06. The molecular formula is C14H30N2. The van der Waals surface area contributed by atoms with Crippen molar-refractivity contribution in [3.63, 3.8) is 0 Å². The molecule has 2 nitrogen and oxygen atoms in total. The maximum absolute atomic E-state index is 3.64. The summed E-state index contributed by atoms with van der Waals surface area (Å²) in [5.74, 6) is 0.918. The lowest BCUT2D eigenvalue weighted by Gasteiger charge is -2.18. The Balaban J connectivity index is 1.93. The minimum atomic E-state index is 0.701. The van der Waals surface area contributed by atoms with E-state index in [1.165, 1.54) is 58.3 Å². The summed E-state index contributed by atoms with van der Waals surface area (Å²) in [7, 11) is 0.